The van der Waals surface area contributed by atoms with Crippen molar-refractivity contribution in [2.24, 2.45) is 17.3 Å². The van der Waals surface area contributed by atoms with Crippen molar-refractivity contribution in [2.75, 3.05) is 0 Å². The first-order valence-electron chi connectivity index (χ1n) is 8.39. The van der Waals surface area contributed by atoms with Gasteiger partial charge in [-0.3, -0.25) is 4.79 Å². The largest absolute Gasteiger partial charge is 0.393 e. The second-order valence-electron chi connectivity index (χ2n) is 7.63. The van der Waals surface area contributed by atoms with E-state index in [1.165, 1.54) is 30.4 Å². The molecule has 4 rings (SSSR count). The second-order valence-corrected chi connectivity index (χ2v) is 7.63. The number of rotatable bonds is 1. The number of carbonyl (C=O) groups is 1. The molecule has 0 saturated heterocycles. The monoisotopic (exact) mass is 284 g/mol. The van der Waals surface area contributed by atoms with Crippen LogP contribution < -0.4 is 0 Å². The summed E-state index contributed by atoms with van der Waals surface area (Å²) in [7, 11) is 0. The first kappa shape index (κ1) is 13.5. The van der Waals surface area contributed by atoms with E-state index in [0.29, 0.717) is 11.8 Å². The van der Waals surface area contributed by atoms with Gasteiger partial charge in [-0.05, 0) is 78.9 Å². The van der Waals surface area contributed by atoms with Gasteiger partial charge in [0.2, 0.25) is 0 Å². The summed E-state index contributed by atoms with van der Waals surface area (Å²) in [5, 5.41) is 10.4. The van der Waals surface area contributed by atoms with Crippen molar-refractivity contribution in [1.82, 2.24) is 0 Å². The van der Waals surface area contributed by atoms with Gasteiger partial charge in [0.25, 0.3) is 0 Å². The summed E-state index contributed by atoms with van der Waals surface area (Å²) in [5.41, 5.74) is 3.84. The van der Waals surface area contributed by atoms with Gasteiger partial charge < -0.3 is 5.11 Å². The van der Waals surface area contributed by atoms with Crippen molar-refractivity contribution in [3.05, 3.63) is 34.9 Å². The van der Waals surface area contributed by atoms with Crippen LogP contribution in [0.25, 0.3) is 0 Å². The average molecular weight is 284 g/mol. The standard InChI is InChI=1S/C19H24O2/c1-19-9-8-15-14-4-2-12(11-20)10-13(14)3-5-16(15)17(19)6-7-18(19)21/h2,4,10-11,15-18,21H,3,5-9H2,1H3/t15-,16-,17+,18+,19+/m1/s1. The van der Waals surface area contributed by atoms with Crippen LogP contribution in [-0.4, -0.2) is 17.5 Å². The van der Waals surface area contributed by atoms with Crippen LogP contribution >= 0.6 is 0 Å². The molecule has 0 radical (unpaired) electrons. The predicted molar refractivity (Wildman–Crippen MR) is 82.5 cm³/mol. The Balaban J connectivity index is 1.70. The summed E-state index contributed by atoms with van der Waals surface area (Å²) < 4.78 is 0. The quantitative estimate of drug-likeness (QED) is 0.798. The lowest BCUT2D eigenvalue weighted by molar-refractivity contribution is -0.0226. The first-order valence-corrected chi connectivity index (χ1v) is 8.39. The van der Waals surface area contributed by atoms with Crippen LogP contribution in [0.4, 0.5) is 0 Å². The maximum Gasteiger partial charge on any atom is 0.150 e. The number of aldehydes is 1. The summed E-state index contributed by atoms with van der Waals surface area (Å²) in [6.07, 6.45) is 7.71. The summed E-state index contributed by atoms with van der Waals surface area (Å²) >= 11 is 0. The van der Waals surface area contributed by atoms with E-state index in [4.69, 9.17) is 0 Å². The molecule has 21 heavy (non-hydrogen) atoms. The molecule has 2 saturated carbocycles. The highest BCUT2D eigenvalue weighted by atomic mass is 16.3. The fraction of sp³-hybridized carbons (Fsp3) is 0.632. The van der Waals surface area contributed by atoms with E-state index in [1.807, 2.05) is 6.07 Å². The molecule has 0 heterocycles. The number of aliphatic hydroxyl groups excluding tert-OH is 1. The lowest BCUT2D eigenvalue weighted by Gasteiger charge is -2.50. The average Bonchev–Trinajstić information content (AvgIpc) is 2.82. The van der Waals surface area contributed by atoms with E-state index in [-0.39, 0.29) is 11.5 Å². The van der Waals surface area contributed by atoms with Gasteiger partial charge in [0, 0.05) is 5.56 Å². The molecule has 112 valence electrons. The molecule has 0 spiro atoms. The molecule has 0 bridgehead atoms. The van der Waals surface area contributed by atoms with E-state index in [0.717, 1.165) is 37.0 Å². The van der Waals surface area contributed by atoms with Crippen LogP contribution in [0, 0.1) is 17.3 Å². The molecular formula is C19H24O2. The molecule has 0 aliphatic heterocycles. The van der Waals surface area contributed by atoms with Crippen LogP contribution in [0.1, 0.15) is 66.4 Å². The minimum absolute atomic E-state index is 0.0951. The van der Waals surface area contributed by atoms with Crippen LogP contribution in [0.5, 0.6) is 0 Å². The maximum atomic E-state index is 11.0. The summed E-state index contributed by atoms with van der Waals surface area (Å²) in [5.74, 6) is 2.07. The van der Waals surface area contributed by atoms with Gasteiger partial charge in [0.05, 0.1) is 6.10 Å². The van der Waals surface area contributed by atoms with Crippen LogP contribution in [0.2, 0.25) is 0 Å². The topological polar surface area (TPSA) is 37.3 Å². The number of aliphatic hydroxyl groups is 1. The molecule has 3 aliphatic carbocycles. The zero-order valence-electron chi connectivity index (χ0n) is 12.7. The molecule has 1 N–H and O–H groups in total. The number of hydrogen-bond donors (Lipinski definition) is 1. The summed E-state index contributed by atoms with van der Waals surface area (Å²) in [6, 6.07) is 6.27. The SMILES string of the molecule is C[C@]12CC[C@@H]3c4ccc(C=O)cc4CC[C@H]3[C@@H]1CC[C@@H]2O. The van der Waals surface area contributed by atoms with Crippen molar-refractivity contribution in [3.8, 4) is 0 Å². The third kappa shape index (κ3) is 1.85. The third-order valence-electron chi connectivity index (χ3n) is 6.84. The predicted octanol–water partition coefficient (Wildman–Crippen LogP) is 3.72. The lowest BCUT2D eigenvalue weighted by Crippen LogP contribution is -2.43. The van der Waals surface area contributed by atoms with Gasteiger partial charge in [-0.2, -0.15) is 0 Å². The highest BCUT2D eigenvalue weighted by molar-refractivity contribution is 5.75. The van der Waals surface area contributed by atoms with E-state index in [1.54, 1.807) is 0 Å². The molecule has 0 aromatic heterocycles. The fourth-order valence-corrected chi connectivity index (χ4v) is 5.65. The molecule has 2 nitrogen and oxygen atoms in total. The van der Waals surface area contributed by atoms with Crippen molar-refractivity contribution >= 4 is 6.29 Å². The van der Waals surface area contributed by atoms with E-state index in [9.17, 15) is 9.90 Å². The Labute approximate surface area is 126 Å². The summed E-state index contributed by atoms with van der Waals surface area (Å²) in [6.45, 7) is 2.32. The Hall–Kier alpha value is -1.15. The highest BCUT2D eigenvalue weighted by Gasteiger charge is 2.54. The normalized spacial score (nSPS) is 41.0. The molecule has 1 aromatic carbocycles. The van der Waals surface area contributed by atoms with Crippen molar-refractivity contribution in [3.63, 3.8) is 0 Å². The number of fused-ring (bicyclic) bond motifs is 5. The minimum Gasteiger partial charge on any atom is -0.393 e. The fourth-order valence-electron chi connectivity index (χ4n) is 5.65. The van der Waals surface area contributed by atoms with Crippen LogP contribution in [-0.2, 0) is 6.42 Å². The van der Waals surface area contributed by atoms with Crippen LogP contribution in [0.3, 0.4) is 0 Å². The number of benzene rings is 1. The van der Waals surface area contributed by atoms with E-state index < -0.39 is 0 Å². The van der Waals surface area contributed by atoms with Gasteiger partial charge in [0.15, 0.2) is 0 Å². The molecule has 0 unspecified atom stereocenters. The molecular weight excluding hydrogens is 260 g/mol. The van der Waals surface area contributed by atoms with E-state index >= 15 is 0 Å². The number of aryl methyl sites for hydroxylation is 1. The minimum atomic E-state index is -0.0951. The maximum absolute atomic E-state index is 11.0. The van der Waals surface area contributed by atoms with Gasteiger partial charge in [-0.15, -0.1) is 0 Å². The zero-order chi connectivity index (χ0) is 14.6. The molecule has 5 atom stereocenters. The molecule has 2 fully saturated rings. The second kappa shape index (κ2) is 4.67. The Morgan fingerprint density at radius 1 is 1.24 bits per heavy atom. The number of hydrogen-bond acceptors (Lipinski definition) is 2. The molecule has 1 aromatic rings. The van der Waals surface area contributed by atoms with Gasteiger partial charge in [-0.25, -0.2) is 0 Å². The first-order chi connectivity index (χ1) is 10.1. The highest BCUT2D eigenvalue weighted by Crippen LogP contribution is 2.60. The third-order valence-corrected chi connectivity index (χ3v) is 6.84. The summed E-state index contributed by atoms with van der Waals surface area (Å²) in [4.78, 5) is 11.0. The number of carbonyl (C=O) groups excluding carboxylic acids is 1. The van der Waals surface area contributed by atoms with Crippen molar-refractivity contribution < 1.29 is 9.90 Å². The van der Waals surface area contributed by atoms with Gasteiger partial charge in [-0.1, -0.05) is 19.1 Å². The Kier molecular flexibility index (Phi) is 3.01. The molecule has 3 aliphatic rings. The Morgan fingerprint density at radius 3 is 2.90 bits per heavy atom. The van der Waals surface area contributed by atoms with Gasteiger partial charge in [0.1, 0.15) is 6.29 Å². The van der Waals surface area contributed by atoms with Crippen molar-refractivity contribution in [2.45, 2.75) is 57.5 Å². The Bertz CT molecular complexity index is 579. The Morgan fingerprint density at radius 2 is 2.10 bits per heavy atom. The zero-order valence-corrected chi connectivity index (χ0v) is 12.7. The van der Waals surface area contributed by atoms with Gasteiger partial charge >= 0.3 is 0 Å². The molecule has 2 heteroatoms. The van der Waals surface area contributed by atoms with Crippen molar-refractivity contribution in [1.29, 1.82) is 0 Å². The van der Waals surface area contributed by atoms with E-state index in [2.05, 4.69) is 19.1 Å². The smallest absolute Gasteiger partial charge is 0.150 e. The molecule has 0 amide bonds. The lowest BCUT2D eigenvalue weighted by atomic mass is 9.55. The van der Waals surface area contributed by atoms with Crippen LogP contribution in [0.15, 0.2) is 18.2 Å².